The van der Waals surface area contributed by atoms with Crippen molar-refractivity contribution in [3.8, 4) is 0 Å². The summed E-state index contributed by atoms with van der Waals surface area (Å²) in [6.45, 7) is 3.14. The molecule has 0 aromatic carbocycles. The first-order valence-electron chi connectivity index (χ1n) is 12.8. The number of nitrogens with two attached hydrogens (primary N) is 1. The molecule has 2 aliphatic rings. The lowest BCUT2D eigenvalue weighted by Crippen LogP contribution is -2.47. The van der Waals surface area contributed by atoms with Crippen molar-refractivity contribution in [2.45, 2.75) is 75.6 Å². The molecule has 0 amide bonds. The number of fused-ring (bicyclic) bond motifs is 1. The number of esters is 1. The maximum absolute atomic E-state index is 12.7. The van der Waals surface area contributed by atoms with Crippen molar-refractivity contribution in [2.75, 3.05) is 33.0 Å². The molecule has 3 heterocycles. The molecule has 6 atom stereocenters. The number of nitrogen functional groups attached to an aromatic ring is 1. The average Bonchev–Trinajstić information content (AvgIpc) is 3.59. The third-order valence-electron chi connectivity index (χ3n) is 7.48. The Morgan fingerprint density at radius 3 is 2.63 bits per heavy atom. The highest BCUT2D eigenvalue weighted by Crippen LogP contribution is 2.40. The number of anilines is 1. The normalized spacial score (nSPS) is 27.5. The van der Waals surface area contributed by atoms with Crippen molar-refractivity contribution in [2.24, 2.45) is 5.92 Å². The van der Waals surface area contributed by atoms with Crippen LogP contribution in [-0.4, -0.2) is 99.6 Å². The summed E-state index contributed by atoms with van der Waals surface area (Å²) in [4.78, 5) is 30.7. The number of hydrogen-bond acceptors (Lipinski definition) is 12. The van der Waals surface area contributed by atoms with Gasteiger partial charge in [0, 0.05) is 0 Å². The fraction of sp³-hybridized carbons (Fsp3) is 0.680. The number of likely N-dealkylation sites (N-methyl/N-ethyl adjacent to an activating group) is 1. The molecule has 1 saturated heterocycles. The second kappa shape index (κ2) is 11.4. The Morgan fingerprint density at radius 2 is 1.95 bits per heavy atom. The number of carbonyl (C=O) groups excluding carboxylic acids is 2. The molecule has 1 aliphatic carbocycles. The monoisotopic (exact) mass is 535 g/mol. The number of ether oxygens (including phenoxy) is 4. The smallest absolute Gasteiger partial charge is 0.464 e. The van der Waals surface area contributed by atoms with Gasteiger partial charge >= 0.3 is 12.1 Å². The van der Waals surface area contributed by atoms with E-state index in [-0.39, 0.29) is 5.82 Å². The molecule has 4 rings (SSSR count). The topological polar surface area (TPSA) is 171 Å². The number of hydrogen-bond donors (Lipinski definition) is 3. The summed E-state index contributed by atoms with van der Waals surface area (Å²) >= 11 is 0. The largest absolute Gasteiger partial charge is 0.508 e. The summed E-state index contributed by atoms with van der Waals surface area (Å²) in [5, 5.41) is 25.7. The molecule has 4 N–H and O–H groups in total. The second-order valence-corrected chi connectivity index (χ2v) is 10.4. The van der Waals surface area contributed by atoms with E-state index in [0.717, 1.165) is 25.7 Å². The first-order chi connectivity index (χ1) is 18.0. The molecule has 13 heteroatoms. The van der Waals surface area contributed by atoms with E-state index in [2.05, 4.69) is 10.1 Å². The Labute approximate surface area is 220 Å². The zero-order valence-electron chi connectivity index (χ0n) is 22.1. The van der Waals surface area contributed by atoms with Crippen LogP contribution in [0.4, 0.5) is 10.6 Å². The third kappa shape index (κ3) is 5.55. The van der Waals surface area contributed by atoms with Gasteiger partial charge in [0.2, 0.25) is 0 Å². The predicted octanol–water partition coefficient (Wildman–Crippen LogP) is 0.853. The Bertz CT molecular complexity index is 1140. The Kier molecular flexibility index (Phi) is 8.40. The van der Waals surface area contributed by atoms with Crippen LogP contribution in [0.5, 0.6) is 0 Å². The van der Waals surface area contributed by atoms with Crippen LogP contribution in [0.3, 0.4) is 0 Å². The third-order valence-corrected chi connectivity index (χ3v) is 7.48. The van der Waals surface area contributed by atoms with Gasteiger partial charge in [-0.3, -0.25) is 9.69 Å². The van der Waals surface area contributed by atoms with Crippen molar-refractivity contribution >= 4 is 23.5 Å². The van der Waals surface area contributed by atoms with E-state index in [9.17, 15) is 19.8 Å². The van der Waals surface area contributed by atoms with Crippen LogP contribution < -0.4 is 5.73 Å². The van der Waals surface area contributed by atoms with Crippen LogP contribution in [0.1, 0.15) is 45.2 Å². The summed E-state index contributed by atoms with van der Waals surface area (Å²) in [6.07, 6.45) is -0.0243. The molecule has 210 valence electrons. The molecule has 1 saturated carbocycles. The highest BCUT2D eigenvalue weighted by Gasteiger charge is 2.54. The van der Waals surface area contributed by atoms with E-state index in [1.807, 2.05) is 0 Å². The SMILES string of the molecule is C[C@@H](OC(=O)OC[C@H]1O[C@@](C)(c2ccc3c(N)ncnn23)[C@H](O)[C@@H]1O)[C@@H](C(=O)OCC1CCCC1)N(C)C. The van der Waals surface area contributed by atoms with Crippen molar-refractivity contribution < 1.29 is 38.7 Å². The molecule has 2 aromatic rings. The minimum atomic E-state index is -1.38. The van der Waals surface area contributed by atoms with Crippen molar-refractivity contribution in [1.29, 1.82) is 0 Å². The molecule has 38 heavy (non-hydrogen) atoms. The quantitative estimate of drug-likeness (QED) is 0.387. The molecule has 0 radical (unpaired) electrons. The number of aromatic nitrogens is 3. The maximum atomic E-state index is 12.7. The fourth-order valence-corrected chi connectivity index (χ4v) is 5.34. The van der Waals surface area contributed by atoms with Gasteiger partial charge in [0.05, 0.1) is 12.3 Å². The highest BCUT2D eigenvalue weighted by molar-refractivity contribution is 5.77. The van der Waals surface area contributed by atoms with Gasteiger partial charge in [0.1, 0.15) is 54.5 Å². The molecule has 13 nitrogen and oxygen atoms in total. The molecule has 0 bridgehead atoms. The second-order valence-electron chi connectivity index (χ2n) is 10.4. The molecular formula is C25H37N5O8. The minimum Gasteiger partial charge on any atom is -0.464 e. The van der Waals surface area contributed by atoms with Gasteiger partial charge in [-0.05, 0) is 58.8 Å². The Morgan fingerprint density at radius 1 is 1.24 bits per heavy atom. The van der Waals surface area contributed by atoms with Gasteiger partial charge in [0.25, 0.3) is 0 Å². The summed E-state index contributed by atoms with van der Waals surface area (Å²) in [6, 6.07) is 2.53. The lowest BCUT2D eigenvalue weighted by atomic mass is 9.93. The Balaban J connectivity index is 1.34. The van der Waals surface area contributed by atoms with Crippen LogP contribution >= 0.6 is 0 Å². The lowest BCUT2D eigenvalue weighted by molar-refractivity contribution is -0.155. The number of rotatable bonds is 9. The summed E-state index contributed by atoms with van der Waals surface area (Å²) < 4.78 is 23.5. The van der Waals surface area contributed by atoms with E-state index >= 15 is 0 Å². The van der Waals surface area contributed by atoms with Crippen LogP contribution in [0.25, 0.3) is 5.52 Å². The zero-order chi connectivity index (χ0) is 27.6. The summed E-state index contributed by atoms with van der Waals surface area (Å²) in [7, 11) is 3.39. The van der Waals surface area contributed by atoms with E-state index < -0.39 is 54.8 Å². The lowest BCUT2D eigenvalue weighted by Gasteiger charge is -2.28. The summed E-state index contributed by atoms with van der Waals surface area (Å²) in [5.41, 5.74) is 5.48. The van der Waals surface area contributed by atoms with E-state index in [0.29, 0.717) is 23.7 Å². The highest BCUT2D eigenvalue weighted by atomic mass is 16.7. The number of nitrogens with zero attached hydrogens (tertiary/aromatic N) is 4. The van der Waals surface area contributed by atoms with E-state index in [4.69, 9.17) is 24.7 Å². The Hall–Kier alpha value is -3.00. The number of aliphatic hydroxyl groups is 2. The standard InChI is InChI=1S/C25H37N5O8/c1-14(19(29(3)4)23(33)35-11-15-7-5-6-8-15)37-24(34)36-12-17-20(31)21(32)25(2,38-17)18-10-9-16-22(26)27-13-28-30(16)18/h9-10,13-15,17,19-21,31-32H,5-8,11-12H2,1-4H3,(H2,26,27,28)/t14-,17-,19+,20-,21-,25+/m1/s1. The molecular weight excluding hydrogens is 498 g/mol. The van der Waals surface area contributed by atoms with Crippen molar-refractivity contribution in [3.63, 3.8) is 0 Å². The molecule has 1 aliphatic heterocycles. The van der Waals surface area contributed by atoms with Crippen LogP contribution in [0.2, 0.25) is 0 Å². The molecule has 2 aromatic heterocycles. The first-order valence-corrected chi connectivity index (χ1v) is 12.8. The van der Waals surface area contributed by atoms with E-state index in [1.54, 1.807) is 45.0 Å². The van der Waals surface area contributed by atoms with E-state index in [1.165, 1.54) is 10.8 Å². The number of carbonyl (C=O) groups is 2. The maximum Gasteiger partial charge on any atom is 0.508 e. The fourth-order valence-electron chi connectivity index (χ4n) is 5.34. The van der Waals surface area contributed by atoms with Crippen LogP contribution in [-0.2, 0) is 29.3 Å². The summed E-state index contributed by atoms with van der Waals surface area (Å²) in [5.74, 6) is 0.147. The predicted molar refractivity (Wildman–Crippen MR) is 134 cm³/mol. The van der Waals surface area contributed by atoms with Gasteiger partial charge in [-0.15, -0.1) is 0 Å². The van der Waals surface area contributed by atoms with Crippen molar-refractivity contribution in [1.82, 2.24) is 19.5 Å². The van der Waals surface area contributed by atoms with Crippen LogP contribution in [0.15, 0.2) is 18.5 Å². The molecule has 2 fully saturated rings. The van der Waals surface area contributed by atoms with Gasteiger partial charge < -0.3 is 34.9 Å². The van der Waals surface area contributed by atoms with Gasteiger partial charge in [-0.25, -0.2) is 14.3 Å². The number of aliphatic hydroxyl groups excluding tert-OH is 2. The van der Waals surface area contributed by atoms with Crippen LogP contribution in [0, 0.1) is 5.92 Å². The van der Waals surface area contributed by atoms with Gasteiger partial charge in [-0.1, -0.05) is 12.8 Å². The molecule has 0 spiro atoms. The average molecular weight is 536 g/mol. The van der Waals surface area contributed by atoms with Crippen molar-refractivity contribution in [3.05, 3.63) is 24.2 Å². The first kappa shape index (κ1) is 28.0. The van der Waals surface area contributed by atoms with Gasteiger partial charge in [0.15, 0.2) is 5.82 Å². The van der Waals surface area contributed by atoms with Gasteiger partial charge in [-0.2, -0.15) is 5.10 Å². The molecule has 0 unspecified atom stereocenters. The minimum absolute atomic E-state index is 0.248. The zero-order valence-corrected chi connectivity index (χ0v) is 22.1.